The first kappa shape index (κ1) is 10.1. The molecular formula is C5H14O3SSi. The van der Waals surface area contributed by atoms with Gasteiger partial charge in [0.25, 0.3) is 10.1 Å². The van der Waals surface area contributed by atoms with Crippen LogP contribution < -0.4 is 0 Å². The molecule has 0 aliphatic heterocycles. The predicted molar refractivity (Wildman–Crippen MR) is 45.0 cm³/mol. The normalized spacial score (nSPS) is 15.4. The maximum Gasteiger partial charge on any atom is 0.267 e. The van der Waals surface area contributed by atoms with Gasteiger partial charge in [-0.2, -0.15) is 8.42 Å². The number of hydrogen-bond acceptors (Lipinski definition) is 2. The molecule has 0 amide bonds. The Hall–Kier alpha value is 0.127. The van der Waals surface area contributed by atoms with Gasteiger partial charge in [0.2, 0.25) is 0 Å². The fourth-order valence-electron chi connectivity index (χ4n) is 0.886. The molecule has 62 valence electrons. The van der Waals surface area contributed by atoms with E-state index < -0.39 is 15.4 Å². The highest BCUT2D eigenvalue weighted by Crippen LogP contribution is 2.09. The van der Waals surface area contributed by atoms with Crippen molar-refractivity contribution < 1.29 is 13.0 Å². The summed E-state index contributed by atoms with van der Waals surface area (Å²) >= 11 is 0. The van der Waals surface area contributed by atoms with Crippen molar-refractivity contribution in [3.63, 3.8) is 0 Å². The van der Waals surface area contributed by atoms with Gasteiger partial charge in [0.15, 0.2) is 0 Å². The summed E-state index contributed by atoms with van der Waals surface area (Å²) in [6.07, 6.45) is 1.13. The van der Waals surface area contributed by atoms with Gasteiger partial charge in [0.05, 0.1) is 5.25 Å². The van der Waals surface area contributed by atoms with Gasteiger partial charge in [-0.25, -0.2) is 0 Å². The maximum absolute atomic E-state index is 10.5. The molecule has 0 aliphatic carbocycles. The highest BCUT2D eigenvalue weighted by Gasteiger charge is 2.18. The summed E-state index contributed by atoms with van der Waals surface area (Å²) < 4.78 is 29.6. The third-order valence-corrected chi connectivity index (χ3v) is 3.48. The van der Waals surface area contributed by atoms with E-state index in [4.69, 9.17) is 4.55 Å². The van der Waals surface area contributed by atoms with E-state index in [0.29, 0.717) is 12.8 Å². The number of hydrogen-bond donors (Lipinski definition) is 1. The fourth-order valence-corrected chi connectivity index (χ4v) is 2.96. The van der Waals surface area contributed by atoms with Crippen molar-refractivity contribution in [1.82, 2.24) is 0 Å². The molecule has 0 aromatic heterocycles. The first-order valence-electron chi connectivity index (χ1n) is 3.48. The zero-order valence-corrected chi connectivity index (χ0v) is 9.19. The van der Waals surface area contributed by atoms with E-state index in [1.54, 1.807) is 6.92 Å². The van der Waals surface area contributed by atoms with Crippen LogP contribution in [-0.2, 0) is 10.1 Å². The van der Waals surface area contributed by atoms with Gasteiger partial charge in [-0.15, -0.1) is 0 Å². The lowest BCUT2D eigenvalue weighted by Gasteiger charge is -2.08. The smallest absolute Gasteiger partial charge is 0.267 e. The fraction of sp³-hybridized carbons (Fsp3) is 1.00. The van der Waals surface area contributed by atoms with Crippen LogP contribution in [0.5, 0.6) is 0 Å². The molecule has 1 atom stereocenters. The molecule has 0 aromatic rings. The summed E-state index contributed by atoms with van der Waals surface area (Å²) in [5.41, 5.74) is 0. The first-order valence-corrected chi connectivity index (χ1v) is 6.40. The molecule has 3 nitrogen and oxygen atoms in total. The summed E-state index contributed by atoms with van der Waals surface area (Å²) in [7, 11) is -2.76. The molecule has 10 heavy (non-hydrogen) atoms. The molecule has 0 radical (unpaired) electrons. The van der Waals surface area contributed by atoms with Gasteiger partial charge in [-0.1, -0.05) is 13.0 Å². The zero-order chi connectivity index (χ0) is 8.20. The first-order chi connectivity index (χ1) is 4.52. The average Bonchev–Trinajstić information content (AvgIpc) is 1.80. The molecule has 1 unspecified atom stereocenters. The van der Waals surface area contributed by atoms with Crippen molar-refractivity contribution in [2.24, 2.45) is 0 Å². The molecule has 1 N–H and O–H groups in total. The molecular weight excluding hydrogens is 168 g/mol. The Morgan fingerprint density at radius 3 is 2.20 bits per heavy atom. The van der Waals surface area contributed by atoms with Crippen molar-refractivity contribution in [2.45, 2.75) is 31.1 Å². The van der Waals surface area contributed by atoms with Crippen molar-refractivity contribution in [3.8, 4) is 0 Å². The van der Waals surface area contributed by atoms with Gasteiger partial charge in [-0.05, 0) is 12.8 Å². The van der Waals surface area contributed by atoms with E-state index in [1.807, 2.05) is 0 Å². The lowest BCUT2D eigenvalue weighted by Crippen LogP contribution is -2.18. The molecule has 0 rings (SSSR count). The van der Waals surface area contributed by atoms with Crippen molar-refractivity contribution >= 4 is 20.4 Å². The lowest BCUT2D eigenvalue weighted by molar-refractivity contribution is 0.461. The van der Waals surface area contributed by atoms with Crippen molar-refractivity contribution in [2.75, 3.05) is 0 Å². The average molecular weight is 182 g/mol. The Bertz CT molecular complexity index is 175. The Morgan fingerprint density at radius 1 is 1.60 bits per heavy atom. The lowest BCUT2D eigenvalue weighted by atomic mass is 10.3. The molecule has 0 spiro atoms. The highest BCUT2D eigenvalue weighted by molar-refractivity contribution is 7.86. The quantitative estimate of drug-likeness (QED) is 0.485. The van der Waals surface area contributed by atoms with E-state index in [1.165, 1.54) is 0 Å². The van der Waals surface area contributed by atoms with Crippen LogP contribution in [0, 0.1) is 0 Å². The summed E-state index contributed by atoms with van der Waals surface area (Å²) in [5.74, 6) is 0. The van der Waals surface area contributed by atoms with E-state index >= 15 is 0 Å². The van der Waals surface area contributed by atoms with E-state index in [0.717, 1.165) is 16.3 Å². The molecule has 0 bridgehead atoms. The second-order valence-corrected chi connectivity index (χ2v) is 5.03. The number of rotatable bonds is 4. The molecule has 0 heterocycles. The standard InChI is InChI=1S/C5H14O3SSi/c1-2-5(3-4-10)9(6,7)8/h5H,2-4H2,1,10H3,(H,6,7,8). The Balaban J connectivity index is 4.08. The molecule has 0 saturated heterocycles. The molecule has 0 saturated carbocycles. The van der Waals surface area contributed by atoms with Gasteiger partial charge in [0.1, 0.15) is 0 Å². The highest BCUT2D eigenvalue weighted by atomic mass is 32.2. The molecule has 0 aliphatic rings. The summed E-state index contributed by atoms with van der Waals surface area (Å²) in [5, 5.41) is -0.523. The van der Waals surface area contributed by atoms with Crippen LogP contribution in [0.15, 0.2) is 0 Å². The van der Waals surface area contributed by atoms with Crippen LogP contribution in [-0.4, -0.2) is 28.5 Å². The minimum atomic E-state index is -3.75. The van der Waals surface area contributed by atoms with Crippen LogP contribution >= 0.6 is 0 Å². The van der Waals surface area contributed by atoms with Gasteiger partial charge in [-0.3, -0.25) is 4.55 Å². The summed E-state index contributed by atoms with van der Waals surface area (Å²) in [4.78, 5) is 0. The van der Waals surface area contributed by atoms with E-state index in [-0.39, 0.29) is 0 Å². The molecule has 0 fully saturated rings. The Labute approximate surface area is 65.0 Å². The van der Waals surface area contributed by atoms with Gasteiger partial charge < -0.3 is 0 Å². The summed E-state index contributed by atoms with van der Waals surface area (Å²) in [6, 6.07) is 0.929. The van der Waals surface area contributed by atoms with Crippen molar-refractivity contribution in [3.05, 3.63) is 0 Å². The van der Waals surface area contributed by atoms with Gasteiger partial charge in [0, 0.05) is 10.2 Å². The monoisotopic (exact) mass is 182 g/mol. The third-order valence-electron chi connectivity index (χ3n) is 1.49. The zero-order valence-electron chi connectivity index (χ0n) is 6.37. The second-order valence-electron chi connectivity index (χ2n) is 2.33. The van der Waals surface area contributed by atoms with Gasteiger partial charge >= 0.3 is 0 Å². The van der Waals surface area contributed by atoms with Crippen LogP contribution in [0.3, 0.4) is 0 Å². The minimum Gasteiger partial charge on any atom is -0.285 e. The third kappa shape index (κ3) is 3.33. The Kier molecular flexibility index (Phi) is 4.15. The minimum absolute atomic E-state index is 0.515. The predicted octanol–water partition coefficient (Wildman–Crippen LogP) is -0.173. The topological polar surface area (TPSA) is 54.4 Å². The maximum atomic E-state index is 10.5. The van der Waals surface area contributed by atoms with Crippen LogP contribution in [0.1, 0.15) is 19.8 Å². The largest absolute Gasteiger partial charge is 0.285 e. The van der Waals surface area contributed by atoms with Crippen LogP contribution in [0.25, 0.3) is 0 Å². The van der Waals surface area contributed by atoms with Crippen LogP contribution in [0.4, 0.5) is 0 Å². The molecule has 0 aromatic carbocycles. The van der Waals surface area contributed by atoms with Crippen molar-refractivity contribution in [1.29, 1.82) is 0 Å². The summed E-state index contributed by atoms with van der Waals surface area (Å²) in [6.45, 7) is 1.77. The SMILES string of the molecule is CCC(CC[SiH3])S(=O)(=O)O. The van der Waals surface area contributed by atoms with Crippen LogP contribution in [0.2, 0.25) is 6.04 Å². The Morgan fingerprint density at radius 2 is 2.10 bits per heavy atom. The second kappa shape index (κ2) is 4.10. The molecule has 5 heteroatoms. The van der Waals surface area contributed by atoms with E-state index in [2.05, 4.69) is 0 Å². The van der Waals surface area contributed by atoms with E-state index in [9.17, 15) is 8.42 Å².